The van der Waals surface area contributed by atoms with Crippen LogP contribution in [0.5, 0.6) is 5.75 Å². The van der Waals surface area contributed by atoms with E-state index in [9.17, 15) is 9.90 Å². The summed E-state index contributed by atoms with van der Waals surface area (Å²) < 4.78 is 0.694. The molecule has 0 radical (unpaired) electrons. The summed E-state index contributed by atoms with van der Waals surface area (Å²) in [6, 6.07) is 14.3. The van der Waals surface area contributed by atoms with Gasteiger partial charge in [-0.05, 0) is 67.6 Å². The molecule has 6 heteroatoms. The molecule has 1 aliphatic rings. The highest BCUT2D eigenvalue weighted by molar-refractivity contribution is 7.17. The first kappa shape index (κ1) is 20.9. The molecule has 1 aliphatic heterocycles. The first-order valence-electron chi connectivity index (χ1n) is 10.2. The highest BCUT2D eigenvalue weighted by atomic mass is 35.5. The van der Waals surface area contributed by atoms with Gasteiger partial charge < -0.3 is 10.1 Å². The maximum Gasteiger partial charge on any atom is 0.266 e. The number of hydrogen-bond donors (Lipinski definition) is 2. The Kier molecular flexibility index (Phi) is 5.87. The number of piperidine rings is 1. The van der Waals surface area contributed by atoms with Crippen LogP contribution in [0.25, 0.3) is 32.1 Å². The molecule has 2 N–H and O–H groups in total. The largest absolute Gasteiger partial charge is 0.507 e. The van der Waals surface area contributed by atoms with Gasteiger partial charge in [0.15, 0.2) is 0 Å². The van der Waals surface area contributed by atoms with Gasteiger partial charge >= 0.3 is 0 Å². The molecule has 2 aromatic heterocycles. The van der Waals surface area contributed by atoms with Gasteiger partial charge in [-0.25, -0.2) is 0 Å². The van der Waals surface area contributed by atoms with Crippen molar-refractivity contribution in [1.82, 2.24) is 9.88 Å². The number of likely N-dealkylation sites (tertiary alicyclic amines) is 1. The Morgan fingerprint density at radius 2 is 1.77 bits per heavy atom. The van der Waals surface area contributed by atoms with E-state index >= 15 is 0 Å². The van der Waals surface area contributed by atoms with Gasteiger partial charge in [-0.3, -0.25) is 9.69 Å². The van der Waals surface area contributed by atoms with Crippen molar-refractivity contribution in [2.24, 2.45) is 0 Å². The van der Waals surface area contributed by atoms with Gasteiger partial charge in [0.1, 0.15) is 10.4 Å². The molecule has 2 aromatic carbocycles. The second-order valence-corrected chi connectivity index (χ2v) is 8.81. The molecule has 156 valence electrons. The van der Waals surface area contributed by atoms with Crippen LogP contribution in [0.3, 0.4) is 0 Å². The van der Waals surface area contributed by atoms with Crippen molar-refractivity contribution in [3.63, 3.8) is 0 Å². The van der Waals surface area contributed by atoms with E-state index in [1.165, 1.54) is 36.2 Å². The lowest BCUT2D eigenvalue weighted by molar-refractivity contribution is 0.175. The van der Waals surface area contributed by atoms with Crippen LogP contribution in [-0.2, 0) is 0 Å². The number of nitrogens with one attached hydrogen (secondary N) is 1. The Labute approximate surface area is 185 Å². The Morgan fingerprint density at radius 3 is 2.50 bits per heavy atom. The van der Waals surface area contributed by atoms with Crippen molar-refractivity contribution in [1.29, 1.82) is 0 Å². The average Bonchev–Trinajstić information content (AvgIpc) is 3.25. The van der Waals surface area contributed by atoms with Crippen molar-refractivity contribution in [2.75, 3.05) is 13.1 Å². The van der Waals surface area contributed by atoms with E-state index in [0.29, 0.717) is 10.7 Å². The Hall–Kier alpha value is -2.34. The number of phenols is 1. The Morgan fingerprint density at radius 1 is 1.03 bits per heavy atom. The monoisotopic (exact) mass is 440 g/mol. The summed E-state index contributed by atoms with van der Waals surface area (Å²) in [6.07, 6.45) is 3.89. The summed E-state index contributed by atoms with van der Waals surface area (Å²) in [4.78, 5) is 17.9. The summed E-state index contributed by atoms with van der Waals surface area (Å²) in [6.45, 7) is 4.60. The fraction of sp³-hybridized carbons (Fsp3) is 0.292. The van der Waals surface area contributed by atoms with Crippen LogP contribution in [0.2, 0.25) is 0 Å². The molecule has 0 saturated carbocycles. The first-order valence-corrected chi connectivity index (χ1v) is 11.1. The molecular formula is C24H25ClN2O2S. The number of rotatable bonds is 3. The SMILES string of the molecule is CC(c1ccc(-c2c(O)ccc3[nH]c(=O)c4sccc4c23)cc1)N1CCCCC1.Cl. The van der Waals surface area contributed by atoms with Crippen LogP contribution in [-0.4, -0.2) is 28.1 Å². The quantitative estimate of drug-likeness (QED) is 0.405. The van der Waals surface area contributed by atoms with Crippen molar-refractivity contribution >= 4 is 44.7 Å². The van der Waals surface area contributed by atoms with Gasteiger partial charge in [0, 0.05) is 27.9 Å². The van der Waals surface area contributed by atoms with E-state index in [2.05, 4.69) is 41.1 Å². The normalized spacial score (nSPS) is 15.9. The zero-order valence-corrected chi connectivity index (χ0v) is 18.5. The summed E-state index contributed by atoms with van der Waals surface area (Å²) >= 11 is 1.43. The Balaban J connectivity index is 0.00000218. The molecule has 0 bridgehead atoms. The maximum absolute atomic E-state index is 12.3. The molecule has 3 heterocycles. The molecule has 0 spiro atoms. The minimum atomic E-state index is -0.0788. The van der Waals surface area contributed by atoms with Crippen molar-refractivity contribution in [3.05, 3.63) is 63.8 Å². The second kappa shape index (κ2) is 8.42. The van der Waals surface area contributed by atoms with Gasteiger partial charge in [0.25, 0.3) is 5.56 Å². The highest BCUT2D eigenvalue weighted by Gasteiger charge is 2.19. The fourth-order valence-electron chi connectivity index (χ4n) is 4.57. The second-order valence-electron chi connectivity index (χ2n) is 7.89. The van der Waals surface area contributed by atoms with Gasteiger partial charge in [0.2, 0.25) is 0 Å². The third kappa shape index (κ3) is 3.51. The number of aromatic amines is 1. The zero-order valence-electron chi connectivity index (χ0n) is 16.9. The third-order valence-electron chi connectivity index (χ3n) is 6.19. The number of aromatic nitrogens is 1. The van der Waals surface area contributed by atoms with E-state index in [4.69, 9.17) is 0 Å². The molecule has 30 heavy (non-hydrogen) atoms. The summed E-state index contributed by atoms with van der Waals surface area (Å²) in [5.74, 6) is 0.230. The van der Waals surface area contributed by atoms with E-state index in [-0.39, 0.29) is 23.7 Å². The van der Waals surface area contributed by atoms with E-state index in [1.807, 2.05) is 11.4 Å². The minimum Gasteiger partial charge on any atom is -0.507 e. The molecular weight excluding hydrogens is 416 g/mol. The van der Waals surface area contributed by atoms with Crippen LogP contribution in [0.15, 0.2) is 52.6 Å². The number of phenolic OH excluding ortho intramolecular Hbond substituents is 1. The van der Waals surface area contributed by atoms with Crippen LogP contribution in [0.4, 0.5) is 0 Å². The number of hydrogen-bond acceptors (Lipinski definition) is 4. The van der Waals surface area contributed by atoms with Gasteiger partial charge in [-0.2, -0.15) is 0 Å². The molecule has 1 unspecified atom stereocenters. The number of benzene rings is 2. The van der Waals surface area contributed by atoms with Gasteiger partial charge in [-0.1, -0.05) is 30.7 Å². The van der Waals surface area contributed by atoms with Crippen LogP contribution in [0, 0.1) is 0 Å². The number of fused-ring (bicyclic) bond motifs is 3. The lowest BCUT2D eigenvalue weighted by atomic mass is 9.95. The summed E-state index contributed by atoms with van der Waals surface area (Å²) in [7, 11) is 0. The van der Waals surface area contributed by atoms with Crippen LogP contribution >= 0.6 is 23.7 Å². The number of H-pyrrole nitrogens is 1. The smallest absolute Gasteiger partial charge is 0.266 e. The average molecular weight is 441 g/mol. The van der Waals surface area contributed by atoms with Gasteiger partial charge in [0.05, 0.1) is 0 Å². The van der Waals surface area contributed by atoms with Crippen molar-refractivity contribution in [2.45, 2.75) is 32.2 Å². The van der Waals surface area contributed by atoms with E-state index in [0.717, 1.165) is 40.5 Å². The van der Waals surface area contributed by atoms with Gasteiger partial charge in [-0.15, -0.1) is 23.7 Å². The minimum absolute atomic E-state index is 0. The number of pyridine rings is 1. The number of nitrogens with zero attached hydrogens (tertiary/aromatic N) is 1. The Bertz CT molecular complexity index is 1240. The summed E-state index contributed by atoms with van der Waals surface area (Å²) in [5.41, 5.74) is 3.70. The summed E-state index contributed by atoms with van der Waals surface area (Å²) in [5, 5.41) is 14.4. The lowest BCUT2D eigenvalue weighted by Crippen LogP contribution is -2.32. The number of aromatic hydroxyl groups is 1. The molecule has 4 aromatic rings. The molecule has 5 rings (SSSR count). The lowest BCUT2D eigenvalue weighted by Gasteiger charge is -2.32. The molecule has 0 amide bonds. The molecule has 0 aliphatic carbocycles. The number of halogens is 1. The molecule has 1 saturated heterocycles. The van der Waals surface area contributed by atoms with Crippen LogP contribution < -0.4 is 5.56 Å². The molecule has 1 atom stereocenters. The van der Waals surface area contributed by atoms with Crippen molar-refractivity contribution in [3.8, 4) is 16.9 Å². The number of thiophene rings is 1. The predicted octanol–water partition coefficient (Wildman–Crippen LogP) is 6.08. The third-order valence-corrected chi connectivity index (χ3v) is 7.11. The molecule has 4 nitrogen and oxygen atoms in total. The maximum atomic E-state index is 12.3. The fourth-order valence-corrected chi connectivity index (χ4v) is 5.37. The first-order chi connectivity index (χ1) is 14.1. The molecule has 1 fully saturated rings. The highest BCUT2D eigenvalue weighted by Crippen LogP contribution is 2.40. The van der Waals surface area contributed by atoms with E-state index < -0.39 is 0 Å². The predicted molar refractivity (Wildman–Crippen MR) is 128 cm³/mol. The van der Waals surface area contributed by atoms with E-state index in [1.54, 1.807) is 12.1 Å². The standard InChI is InChI=1S/C24H24N2O2S.ClH/c1-15(26-12-3-2-4-13-26)16-5-7-17(8-6-16)21-20(27)10-9-19-22(21)18-11-14-29-23(18)24(28)25-19;/h5-11,14-15,27H,2-4,12-13H2,1H3,(H,25,28);1H. The van der Waals surface area contributed by atoms with Crippen molar-refractivity contribution < 1.29 is 5.11 Å². The topological polar surface area (TPSA) is 56.3 Å². The zero-order chi connectivity index (χ0) is 20.0. The van der Waals surface area contributed by atoms with Crippen LogP contribution in [0.1, 0.15) is 37.8 Å².